The molecular formula is C52H76N2O10P2. The third-order valence-corrected chi connectivity index (χ3v) is 16.1. The Morgan fingerprint density at radius 2 is 0.727 bits per heavy atom. The number of hydrogen-bond acceptors (Lipinski definition) is 10. The van der Waals surface area contributed by atoms with Crippen LogP contribution in [-0.4, -0.2) is 60.0 Å². The first-order valence-electron chi connectivity index (χ1n) is 23.9. The van der Waals surface area contributed by atoms with Crippen molar-refractivity contribution in [3.63, 3.8) is 0 Å². The van der Waals surface area contributed by atoms with E-state index in [-0.39, 0.29) is 13.2 Å². The molecule has 1 aliphatic rings. The van der Waals surface area contributed by atoms with Crippen LogP contribution in [0.3, 0.4) is 0 Å². The Morgan fingerprint density at radius 1 is 0.470 bits per heavy atom. The molecule has 0 spiro atoms. The number of nitrogens with one attached hydrogen (secondary N) is 2. The summed E-state index contributed by atoms with van der Waals surface area (Å²) < 4.78 is 64.3. The molecule has 0 aromatic heterocycles. The van der Waals surface area contributed by atoms with E-state index >= 15 is 0 Å². The van der Waals surface area contributed by atoms with E-state index < -0.39 is 25.8 Å². The lowest BCUT2D eigenvalue weighted by atomic mass is 9.89. The van der Waals surface area contributed by atoms with Gasteiger partial charge in [0.2, 0.25) is 0 Å². The molecule has 364 valence electrons. The topological polar surface area (TPSA) is 154 Å². The van der Waals surface area contributed by atoms with Gasteiger partial charge in [-0.1, -0.05) is 88.4 Å². The molecule has 4 N–H and O–H groups in total. The molecule has 4 aromatic carbocycles. The fourth-order valence-corrected chi connectivity index (χ4v) is 10.0. The fraction of sp³-hybridized carbons (Fsp3) is 0.538. The quantitative estimate of drug-likeness (QED) is 0.0435. The molecule has 0 radical (unpaired) electrons. The molecular weight excluding hydrogens is 875 g/mol. The van der Waals surface area contributed by atoms with Gasteiger partial charge in [0.1, 0.15) is 33.6 Å². The molecule has 2 unspecified atom stereocenters. The summed E-state index contributed by atoms with van der Waals surface area (Å²) in [4.78, 5) is 21.8. The van der Waals surface area contributed by atoms with Crippen molar-refractivity contribution in [2.45, 2.75) is 144 Å². The molecule has 1 aliphatic carbocycles. The smallest absolute Gasteiger partial charge is 0.347 e. The number of benzene rings is 4. The van der Waals surface area contributed by atoms with Gasteiger partial charge in [0, 0.05) is 38.8 Å². The lowest BCUT2D eigenvalue weighted by Crippen LogP contribution is -2.39. The van der Waals surface area contributed by atoms with Gasteiger partial charge < -0.3 is 37.8 Å². The predicted molar refractivity (Wildman–Crippen MR) is 265 cm³/mol. The van der Waals surface area contributed by atoms with Crippen LogP contribution in [0, 0.1) is 0 Å². The molecule has 66 heavy (non-hydrogen) atoms. The Labute approximate surface area is 394 Å². The maximum atomic E-state index is 13.3. The summed E-state index contributed by atoms with van der Waals surface area (Å²) in [6.07, 6.45) is 5.27. The van der Waals surface area contributed by atoms with E-state index in [0.717, 1.165) is 104 Å². The van der Waals surface area contributed by atoms with Gasteiger partial charge in [0.05, 0.1) is 39.6 Å². The van der Waals surface area contributed by atoms with Gasteiger partial charge >= 0.3 is 15.2 Å². The minimum absolute atomic E-state index is 0.123. The Kier molecular flexibility index (Phi) is 19.4. The molecule has 12 nitrogen and oxygen atoms in total. The second-order valence-corrected chi connectivity index (χ2v) is 22.9. The number of fused-ring (bicyclic) bond motifs is 8. The van der Waals surface area contributed by atoms with E-state index in [9.17, 15) is 18.9 Å². The van der Waals surface area contributed by atoms with E-state index in [1.54, 1.807) is 41.5 Å². The maximum absolute atomic E-state index is 13.3. The molecule has 4 aromatic rings. The van der Waals surface area contributed by atoms with Crippen LogP contribution >= 0.6 is 15.2 Å². The zero-order valence-electron chi connectivity index (χ0n) is 41.1. The number of para-hydroxylation sites is 2. The molecule has 0 aliphatic heterocycles. The van der Waals surface area contributed by atoms with Crippen molar-refractivity contribution < 1.29 is 46.9 Å². The van der Waals surface area contributed by atoms with Crippen LogP contribution in [-0.2, 0) is 57.0 Å². The van der Waals surface area contributed by atoms with Crippen molar-refractivity contribution in [3.8, 4) is 23.0 Å². The van der Waals surface area contributed by atoms with Crippen LogP contribution in [0.15, 0.2) is 60.7 Å². The number of ether oxygens (including phenoxy) is 4. The van der Waals surface area contributed by atoms with E-state index in [0.29, 0.717) is 65.2 Å². The van der Waals surface area contributed by atoms with Crippen LogP contribution in [0.4, 0.5) is 0 Å². The highest BCUT2D eigenvalue weighted by molar-refractivity contribution is 7.54. The van der Waals surface area contributed by atoms with Crippen molar-refractivity contribution in [3.05, 3.63) is 116 Å². The Morgan fingerprint density at radius 3 is 0.970 bits per heavy atom. The fourth-order valence-electron chi connectivity index (χ4n) is 8.10. The van der Waals surface area contributed by atoms with E-state index in [4.69, 9.17) is 28.0 Å². The maximum Gasteiger partial charge on any atom is 0.347 e. The van der Waals surface area contributed by atoms with Crippen molar-refractivity contribution in [1.82, 2.24) is 10.6 Å². The number of rotatable bonds is 24. The van der Waals surface area contributed by atoms with Crippen molar-refractivity contribution in [2.24, 2.45) is 0 Å². The minimum atomic E-state index is -4.01. The molecule has 0 heterocycles. The third-order valence-electron chi connectivity index (χ3n) is 11.8. The van der Waals surface area contributed by atoms with Crippen LogP contribution < -0.4 is 29.6 Å². The van der Waals surface area contributed by atoms with Crippen LogP contribution in [0.1, 0.15) is 151 Å². The highest BCUT2D eigenvalue weighted by Gasteiger charge is 2.41. The molecule has 8 bridgehead atoms. The van der Waals surface area contributed by atoms with E-state index in [2.05, 4.69) is 99.0 Å². The molecule has 0 saturated heterocycles. The molecule has 0 amide bonds. The van der Waals surface area contributed by atoms with E-state index in [1.165, 1.54) is 0 Å². The first-order chi connectivity index (χ1) is 31.4. The van der Waals surface area contributed by atoms with Gasteiger partial charge in [0.25, 0.3) is 0 Å². The van der Waals surface area contributed by atoms with Crippen LogP contribution in [0.5, 0.6) is 23.0 Å². The standard InChI is InChI=1S/C52H76N2O10P2/c1-11-23-59-47-39-19-17-20-40(47)32-44-28-38(36-54-52(9,10)66(57,58)64-16-6)30-46(50(44)62-26-14-4)34-42-22-18-21-41(48(42)60-24-12-2)33-45-29-37(27-43(31-39)49(45)61-25-13-3)35-53-51(7,8)65(55,56)63-15-5/h17-22,27-30,53-54H,11-16,23-26,31-36H2,1-10H3,(H,55,56)(H,57,58). The second kappa shape index (κ2) is 24.0. The summed E-state index contributed by atoms with van der Waals surface area (Å²) in [6.45, 7) is 21.6. The lowest BCUT2D eigenvalue weighted by Gasteiger charge is -2.31. The SMILES string of the molecule is CCCOc1c2cccc1Cc1cc(CNC(C)(C)P(=O)(O)OCC)cc(c1OCCC)Cc1cccc(c1OCCC)Cc1cc(CNC(C)(C)P(=O)(O)OCC)cc(c1OCCC)C2. The van der Waals surface area contributed by atoms with Gasteiger partial charge in [-0.2, -0.15) is 0 Å². The first-order valence-corrected chi connectivity index (χ1v) is 27.1. The minimum Gasteiger partial charge on any atom is -0.493 e. The summed E-state index contributed by atoms with van der Waals surface area (Å²) >= 11 is 0. The largest absolute Gasteiger partial charge is 0.493 e. The molecule has 0 saturated carbocycles. The number of hydrogen-bond donors (Lipinski definition) is 4. The Hall–Kier alpha value is -3.70. The van der Waals surface area contributed by atoms with Crippen molar-refractivity contribution >= 4 is 15.2 Å². The molecule has 2 atom stereocenters. The summed E-state index contributed by atoms with van der Waals surface area (Å²) in [6, 6.07) is 21.2. The van der Waals surface area contributed by atoms with Crippen molar-refractivity contribution in [2.75, 3.05) is 39.6 Å². The van der Waals surface area contributed by atoms with Gasteiger partial charge in [-0.05, 0) is 123 Å². The lowest BCUT2D eigenvalue weighted by molar-refractivity contribution is 0.239. The molecule has 0 fully saturated rings. The average Bonchev–Trinajstić information content (AvgIpc) is 3.26. The molecule has 14 heteroatoms. The van der Waals surface area contributed by atoms with E-state index in [1.807, 2.05) is 0 Å². The highest BCUT2D eigenvalue weighted by Crippen LogP contribution is 2.54. The van der Waals surface area contributed by atoms with Gasteiger partial charge in [0.15, 0.2) is 0 Å². The van der Waals surface area contributed by atoms with Gasteiger partial charge in [-0.25, -0.2) is 0 Å². The summed E-state index contributed by atoms with van der Waals surface area (Å²) in [7, 11) is -8.01. The highest BCUT2D eigenvalue weighted by atomic mass is 31.2. The first kappa shape index (κ1) is 53.3. The Balaban J connectivity index is 1.79. The van der Waals surface area contributed by atoms with Crippen LogP contribution in [0.2, 0.25) is 0 Å². The zero-order chi connectivity index (χ0) is 48.1. The predicted octanol–water partition coefficient (Wildman–Crippen LogP) is 11.6. The van der Waals surface area contributed by atoms with Gasteiger partial charge in [-0.15, -0.1) is 0 Å². The normalized spacial score (nSPS) is 14.8. The summed E-state index contributed by atoms with van der Waals surface area (Å²) in [5.74, 6) is 3.24. The van der Waals surface area contributed by atoms with Crippen molar-refractivity contribution in [1.29, 1.82) is 0 Å². The Bertz CT molecular complexity index is 2080. The third kappa shape index (κ3) is 13.3. The monoisotopic (exact) mass is 950 g/mol. The second-order valence-electron chi connectivity index (χ2n) is 18.1. The molecule has 5 rings (SSSR count). The summed E-state index contributed by atoms with van der Waals surface area (Å²) in [5, 5.41) is 4.28. The summed E-state index contributed by atoms with van der Waals surface area (Å²) in [5.41, 5.74) is 9.78. The van der Waals surface area contributed by atoms with Crippen LogP contribution in [0.25, 0.3) is 0 Å². The van der Waals surface area contributed by atoms with Gasteiger partial charge in [-0.3, -0.25) is 19.8 Å². The zero-order valence-corrected chi connectivity index (χ0v) is 42.9. The average molecular weight is 951 g/mol.